The number of hydrogen-bond acceptors (Lipinski definition) is 1. The van der Waals surface area contributed by atoms with Crippen LogP contribution < -0.4 is 5.32 Å². The zero-order valence-electron chi connectivity index (χ0n) is 9.18. The zero-order valence-corrected chi connectivity index (χ0v) is 10.1. The van der Waals surface area contributed by atoms with Crippen molar-refractivity contribution in [2.24, 2.45) is 11.3 Å². The number of nitrogens with one attached hydrogen (secondary N) is 1. The molecule has 0 saturated heterocycles. The van der Waals surface area contributed by atoms with Crippen molar-refractivity contribution in [1.82, 2.24) is 5.32 Å². The van der Waals surface area contributed by atoms with Crippen LogP contribution >= 0.6 is 12.6 Å². The van der Waals surface area contributed by atoms with Crippen molar-refractivity contribution in [3.63, 3.8) is 0 Å². The van der Waals surface area contributed by atoms with E-state index in [9.17, 15) is 4.79 Å². The lowest BCUT2D eigenvalue weighted by Crippen LogP contribution is -2.32. The Labute approximate surface area is 92.2 Å². The minimum Gasteiger partial charge on any atom is -0.347 e. The van der Waals surface area contributed by atoms with Gasteiger partial charge in [-0.3, -0.25) is 4.79 Å². The lowest BCUT2D eigenvalue weighted by molar-refractivity contribution is 0.202. The molecule has 1 saturated carbocycles. The molecule has 0 spiro atoms. The first kappa shape index (κ1) is 11.9. The third-order valence-corrected chi connectivity index (χ3v) is 3.76. The van der Waals surface area contributed by atoms with E-state index in [2.05, 4.69) is 31.8 Å². The van der Waals surface area contributed by atoms with Crippen molar-refractivity contribution in [1.29, 1.82) is 0 Å². The summed E-state index contributed by atoms with van der Waals surface area (Å²) in [5.74, 6) is 0.651. The Hall–Kier alpha value is -0.180. The van der Waals surface area contributed by atoms with E-state index < -0.39 is 0 Å². The van der Waals surface area contributed by atoms with E-state index in [0.29, 0.717) is 11.3 Å². The molecule has 0 aromatic carbocycles. The van der Waals surface area contributed by atoms with Crippen molar-refractivity contribution in [2.45, 2.75) is 46.0 Å². The standard InChI is InChI=1S/C11H21NOS/c1-3-6-11(2)7-4-5-9(11)8-12-10(13)14/h9H,3-8H2,1-2H3,(H2,12,13,14). The maximum atomic E-state index is 10.7. The van der Waals surface area contributed by atoms with Crippen LogP contribution in [0.3, 0.4) is 0 Å². The topological polar surface area (TPSA) is 29.1 Å². The fourth-order valence-corrected chi connectivity index (χ4v) is 2.86. The third-order valence-electron chi connectivity index (χ3n) is 3.61. The second-order valence-electron chi connectivity index (χ2n) is 4.68. The van der Waals surface area contributed by atoms with Gasteiger partial charge in [0.15, 0.2) is 0 Å². The molecule has 1 aliphatic carbocycles. The summed E-state index contributed by atoms with van der Waals surface area (Å²) in [5, 5.41) is 2.63. The van der Waals surface area contributed by atoms with Gasteiger partial charge in [0.25, 0.3) is 5.24 Å². The molecule has 2 nitrogen and oxygen atoms in total. The summed E-state index contributed by atoms with van der Waals surface area (Å²) >= 11 is 3.73. The molecule has 1 N–H and O–H groups in total. The van der Waals surface area contributed by atoms with Crippen LogP contribution in [0, 0.1) is 11.3 Å². The van der Waals surface area contributed by atoms with E-state index in [4.69, 9.17) is 0 Å². The predicted molar refractivity (Wildman–Crippen MR) is 62.7 cm³/mol. The Bertz CT molecular complexity index is 207. The van der Waals surface area contributed by atoms with Gasteiger partial charge in [0.1, 0.15) is 0 Å². The normalized spacial score (nSPS) is 31.8. The molecule has 2 unspecified atom stereocenters. The van der Waals surface area contributed by atoms with E-state index in [1.165, 1.54) is 32.1 Å². The summed E-state index contributed by atoms with van der Waals surface area (Å²) in [6.45, 7) is 5.40. The Balaban J connectivity index is 2.45. The molecule has 82 valence electrons. The number of rotatable bonds is 4. The van der Waals surface area contributed by atoms with E-state index in [1.54, 1.807) is 0 Å². The van der Waals surface area contributed by atoms with Crippen LogP contribution in [0.2, 0.25) is 0 Å². The summed E-state index contributed by atoms with van der Waals surface area (Å²) in [4.78, 5) is 10.7. The van der Waals surface area contributed by atoms with Gasteiger partial charge in [-0.25, -0.2) is 0 Å². The molecule has 1 aliphatic rings. The summed E-state index contributed by atoms with van der Waals surface area (Å²) in [5.41, 5.74) is 0.449. The minimum absolute atomic E-state index is 0.198. The van der Waals surface area contributed by atoms with Crippen molar-refractivity contribution in [2.75, 3.05) is 6.54 Å². The lowest BCUT2D eigenvalue weighted by atomic mass is 9.76. The van der Waals surface area contributed by atoms with Crippen LogP contribution in [0.25, 0.3) is 0 Å². The number of carbonyl (C=O) groups excluding carboxylic acids is 1. The highest BCUT2D eigenvalue weighted by molar-refractivity contribution is 7.96. The average Bonchev–Trinajstić information content (AvgIpc) is 2.44. The van der Waals surface area contributed by atoms with Crippen LogP contribution in [0.1, 0.15) is 46.0 Å². The Morgan fingerprint density at radius 2 is 2.36 bits per heavy atom. The van der Waals surface area contributed by atoms with Gasteiger partial charge in [0, 0.05) is 6.54 Å². The number of thiol groups is 1. The molecular weight excluding hydrogens is 194 g/mol. The molecule has 0 radical (unpaired) electrons. The first-order valence-corrected chi connectivity index (χ1v) is 6.00. The van der Waals surface area contributed by atoms with Gasteiger partial charge in [-0.05, 0) is 30.6 Å². The monoisotopic (exact) mass is 215 g/mol. The third kappa shape index (κ3) is 2.91. The second kappa shape index (κ2) is 5.06. The Morgan fingerprint density at radius 3 is 2.93 bits per heavy atom. The summed E-state index contributed by atoms with van der Waals surface area (Å²) in [6.07, 6.45) is 6.39. The smallest absolute Gasteiger partial charge is 0.275 e. The SMILES string of the molecule is CCCC1(C)CCCC1CNC(=O)S. The summed E-state index contributed by atoms with van der Waals surface area (Å²) in [7, 11) is 0. The van der Waals surface area contributed by atoms with Crippen molar-refractivity contribution in [3.8, 4) is 0 Å². The van der Waals surface area contributed by atoms with Crippen LogP contribution in [-0.2, 0) is 0 Å². The average molecular weight is 215 g/mol. The predicted octanol–water partition coefficient (Wildman–Crippen LogP) is 3.23. The van der Waals surface area contributed by atoms with E-state index in [1.807, 2.05) is 0 Å². The maximum absolute atomic E-state index is 10.7. The molecule has 0 heterocycles. The van der Waals surface area contributed by atoms with E-state index in [0.717, 1.165) is 6.54 Å². The van der Waals surface area contributed by atoms with Gasteiger partial charge in [0.2, 0.25) is 0 Å². The molecule has 3 heteroatoms. The van der Waals surface area contributed by atoms with E-state index >= 15 is 0 Å². The van der Waals surface area contributed by atoms with Crippen molar-refractivity contribution < 1.29 is 4.79 Å². The quantitative estimate of drug-likeness (QED) is 0.693. The van der Waals surface area contributed by atoms with Gasteiger partial charge >= 0.3 is 0 Å². The molecule has 0 aromatic rings. The first-order valence-electron chi connectivity index (χ1n) is 5.55. The van der Waals surface area contributed by atoms with Gasteiger partial charge in [0.05, 0.1) is 0 Å². The minimum atomic E-state index is -0.198. The molecule has 1 amide bonds. The second-order valence-corrected chi connectivity index (χ2v) is 5.09. The van der Waals surface area contributed by atoms with Crippen LogP contribution in [0.4, 0.5) is 4.79 Å². The Morgan fingerprint density at radius 1 is 1.64 bits per heavy atom. The van der Waals surface area contributed by atoms with Crippen molar-refractivity contribution in [3.05, 3.63) is 0 Å². The number of hydrogen-bond donors (Lipinski definition) is 2. The summed E-state index contributed by atoms with van der Waals surface area (Å²) < 4.78 is 0. The number of carbonyl (C=O) groups is 1. The zero-order chi connectivity index (χ0) is 10.6. The molecule has 1 rings (SSSR count). The summed E-state index contributed by atoms with van der Waals surface area (Å²) in [6, 6.07) is 0. The Kier molecular flexibility index (Phi) is 4.30. The highest BCUT2D eigenvalue weighted by Gasteiger charge is 2.37. The highest BCUT2D eigenvalue weighted by Crippen LogP contribution is 2.45. The highest BCUT2D eigenvalue weighted by atomic mass is 32.1. The van der Waals surface area contributed by atoms with Gasteiger partial charge < -0.3 is 5.32 Å². The molecule has 0 aliphatic heterocycles. The van der Waals surface area contributed by atoms with Crippen molar-refractivity contribution >= 4 is 17.9 Å². The van der Waals surface area contributed by atoms with Gasteiger partial charge in [-0.15, -0.1) is 0 Å². The molecular formula is C11H21NOS. The van der Waals surface area contributed by atoms with Gasteiger partial charge in [-0.2, -0.15) is 0 Å². The first-order chi connectivity index (χ1) is 6.58. The fraction of sp³-hybridized carbons (Fsp3) is 0.909. The molecule has 0 bridgehead atoms. The maximum Gasteiger partial charge on any atom is 0.275 e. The largest absolute Gasteiger partial charge is 0.347 e. The molecule has 0 aromatic heterocycles. The van der Waals surface area contributed by atoms with Crippen LogP contribution in [-0.4, -0.2) is 11.8 Å². The number of amides is 1. The van der Waals surface area contributed by atoms with Gasteiger partial charge in [-0.1, -0.05) is 39.3 Å². The fourth-order valence-electron chi connectivity index (χ4n) is 2.76. The van der Waals surface area contributed by atoms with Crippen LogP contribution in [0.15, 0.2) is 0 Å². The molecule has 14 heavy (non-hydrogen) atoms. The van der Waals surface area contributed by atoms with Crippen LogP contribution in [0.5, 0.6) is 0 Å². The lowest BCUT2D eigenvalue weighted by Gasteiger charge is -2.31. The molecule has 2 atom stereocenters. The molecule has 1 fully saturated rings. The van der Waals surface area contributed by atoms with E-state index in [-0.39, 0.29) is 5.24 Å².